The Kier molecular flexibility index (Phi) is 5.69. The van der Waals surface area contributed by atoms with Crippen molar-refractivity contribution in [3.63, 3.8) is 0 Å². The van der Waals surface area contributed by atoms with Crippen LogP contribution in [0, 0.1) is 0 Å². The Labute approximate surface area is 210 Å². The summed E-state index contributed by atoms with van der Waals surface area (Å²) >= 11 is 0. The van der Waals surface area contributed by atoms with Gasteiger partial charge in [-0.1, -0.05) is 0 Å². The van der Waals surface area contributed by atoms with Crippen molar-refractivity contribution in [1.29, 1.82) is 0 Å². The molecule has 11 heteroatoms. The van der Waals surface area contributed by atoms with E-state index in [1.807, 2.05) is 25.1 Å². The lowest BCUT2D eigenvalue weighted by Gasteiger charge is -2.34. The SMILES string of the molecule is CC1OC1NC(=O)Nc1ccc(-c2nc(N3CCOC[C@@H]3C)cc(C3(S(=O)(=O)C4CC4)CC3)n2)cc1. The van der Waals surface area contributed by atoms with Gasteiger partial charge in [-0.2, -0.15) is 0 Å². The summed E-state index contributed by atoms with van der Waals surface area (Å²) in [5.74, 6) is 1.21. The molecule has 2 saturated heterocycles. The lowest BCUT2D eigenvalue weighted by Crippen LogP contribution is -2.44. The van der Waals surface area contributed by atoms with Crippen molar-refractivity contribution in [2.45, 2.75) is 67.9 Å². The van der Waals surface area contributed by atoms with Crippen LogP contribution in [0.15, 0.2) is 30.3 Å². The highest BCUT2D eigenvalue weighted by Gasteiger charge is 2.61. The number of hydrogen-bond acceptors (Lipinski definition) is 8. The first-order valence-corrected chi connectivity index (χ1v) is 14.1. The molecule has 3 atom stereocenters. The van der Waals surface area contributed by atoms with Crippen LogP contribution in [0.1, 0.15) is 45.2 Å². The molecular formula is C25H31N5O5S. The molecule has 2 unspecified atom stereocenters. The number of carbonyl (C=O) groups is 1. The molecule has 2 amide bonds. The van der Waals surface area contributed by atoms with E-state index in [2.05, 4.69) is 22.5 Å². The minimum atomic E-state index is -3.29. The summed E-state index contributed by atoms with van der Waals surface area (Å²) in [7, 11) is -3.29. The molecule has 3 heterocycles. The van der Waals surface area contributed by atoms with Gasteiger partial charge >= 0.3 is 6.03 Å². The van der Waals surface area contributed by atoms with Gasteiger partial charge in [0, 0.05) is 23.9 Å². The van der Waals surface area contributed by atoms with E-state index in [-0.39, 0.29) is 29.7 Å². The van der Waals surface area contributed by atoms with Crippen molar-refractivity contribution in [2.75, 3.05) is 30.0 Å². The second-order valence-corrected chi connectivity index (χ2v) is 12.8. The molecule has 1 aromatic heterocycles. The third kappa shape index (κ3) is 4.33. The van der Waals surface area contributed by atoms with Gasteiger partial charge < -0.3 is 25.0 Å². The second kappa shape index (κ2) is 8.67. The number of ether oxygens (including phenoxy) is 2. The smallest absolute Gasteiger partial charge is 0.321 e. The van der Waals surface area contributed by atoms with Gasteiger partial charge in [0.1, 0.15) is 16.7 Å². The van der Waals surface area contributed by atoms with Crippen LogP contribution >= 0.6 is 0 Å². The fourth-order valence-corrected chi connectivity index (χ4v) is 7.31. The van der Waals surface area contributed by atoms with Crippen molar-refractivity contribution < 1.29 is 22.7 Å². The summed E-state index contributed by atoms with van der Waals surface area (Å²) in [5, 5.41) is 5.28. The predicted molar refractivity (Wildman–Crippen MR) is 134 cm³/mol. The molecule has 6 rings (SSSR count). The van der Waals surface area contributed by atoms with Gasteiger partial charge in [-0.3, -0.25) is 0 Å². The van der Waals surface area contributed by atoms with Crippen molar-refractivity contribution in [3.05, 3.63) is 36.0 Å². The average Bonchev–Trinajstić information content (AvgIpc) is 3.72. The highest BCUT2D eigenvalue weighted by Crippen LogP contribution is 2.57. The minimum absolute atomic E-state index is 0.0319. The van der Waals surface area contributed by atoms with E-state index in [1.165, 1.54) is 0 Å². The number of nitrogens with zero attached hydrogens (tertiary/aromatic N) is 3. The zero-order valence-electron chi connectivity index (χ0n) is 20.4. The maximum Gasteiger partial charge on any atom is 0.321 e. The van der Waals surface area contributed by atoms with Gasteiger partial charge in [0.2, 0.25) is 0 Å². The number of epoxide rings is 1. The summed E-state index contributed by atoms with van der Waals surface area (Å²) < 4.78 is 36.7. The van der Waals surface area contributed by atoms with Crippen molar-refractivity contribution in [1.82, 2.24) is 15.3 Å². The monoisotopic (exact) mass is 513 g/mol. The molecule has 4 fully saturated rings. The normalized spacial score (nSPS) is 26.8. The van der Waals surface area contributed by atoms with E-state index in [1.54, 1.807) is 12.1 Å². The zero-order chi connectivity index (χ0) is 25.1. The Morgan fingerprint density at radius 3 is 2.47 bits per heavy atom. The molecule has 0 bridgehead atoms. The number of urea groups is 1. The molecule has 0 radical (unpaired) electrons. The first kappa shape index (κ1) is 23.6. The Morgan fingerprint density at radius 1 is 1.14 bits per heavy atom. The largest absolute Gasteiger partial charge is 0.377 e. The molecular weight excluding hydrogens is 482 g/mol. The molecule has 10 nitrogen and oxygen atoms in total. The number of morpholine rings is 1. The molecule has 4 aliphatic rings. The van der Waals surface area contributed by atoms with E-state index in [9.17, 15) is 13.2 Å². The number of aromatic nitrogens is 2. The van der Waals surface area contributed by atoms with E-state index in [0.29, 0.717) is 49.8 Å². The lowest BCUT2D eigenvalue weighted by molar-refractivity contribution is 0.0985. The predicted octanol–water partition coefficient (Wildman–Crippen LogP) is 2.80. The third-order valence-corrected chi connectivity index (χ3v) is 10.5. The van der Waals surface area contributed by atoms with Crippen molar-refractivity contribution in [2.24, 2.45) is 0 Å². The van der Waals surface area contributed by atoms with Gasteiger partial charge in [0.15, 0.2) is 21.9 Å². The fourth-order valence-electron chi connectivity index (χ4n) is 4.85. The zero-order valence-corrected chi connectivity index (χ0v) is 21.3. The van der Waals surface area contributed by atoms with Gasteiger partial charge in [-0.25, -0.2) is 23.2 Å². The maximum absolute atomic E-state index is 13.4. The highest BCUT2D eigenvalue weighted by molar-refractivity contribution is 7.93. The first-order valence-electron chi connectivity index (χ1n) is 12.6. The number of carbonyl (C=O) groups excluding carboxylic acids is 1. The van der Waals surface area contributed by atoms with E-state index in [4.69, 9.17) is 19.4 Å². The number of anilines is 2. The summed E-state index contributed by atoms with van der Waals surface area (Å²) in [6.07, 6.45) is 2.46. The lowest BCUT2D eigenvalue weighted by atomic mass is 10.1. The standard InChI is InChI=1S/C25H31N5O5S/c1-15-14-34-12-11-30(15)21-13-20(25(9-10-25)36(32,33)19-7-8-19)27-22(28-21)17-3-5-18(6-4-17)26-24(31)29-23-16(2)35-23/h3-6,13,15-16,19,23H,7-12,14H2,1-2H3,(H2,26,29,31)/t15-,16?,23?/m0/s1. The summed E-state index contributed by atoms with van der Waals surface area (Å²) in [5.41, 5.74) is 1.97. The summed E-state index contributed by atoms with van der Waals surface area (Å²) in [6.45, 7) is 5.83. The Morgan fingerprint density at radius 2 is 1.86 bits per heavy atom. The molecule has 2 aliphatic carbocycles. The highest BCUT2D eigenvalue weighted by atomic mass is 32.2. The molecule has 36 heavy (non-hydrogen) atoms. The van der Waals surface area contributed by atoms with Crippen LogP contribution in [0.25, 0.3) is 11.4 Å². The van der Waals surface area contributed by atoms with Gasteiger partial charge in [0.25, 0.3) is 0 Å². The van der Waals surface area contributed by atoms with Gasteiger partial charge in [-0.15, -0.1) is 0 Å². The van der Waals surface area contributed by atoms with E-state index in [0.717, 1.165) is 24.2 Å². The molecule has 0 spiro atoms. The molecule has 192 valence electrons. The van der Waals surface area contributed by atoms with Crippen LogP contribution in [-0.2, 0) is 24.1 Å². The summed E-state index contributed by atoms with van der Waals surface area (Å²) in [6, 6.07) is 8.91. The molecule has 2 aromatic rings. The molecule has 1 aromatic carbocycles. The van der Waals surface area contributed by atoms with E-state index >= 15 is 0 Å². The number of hydrogen-bond donors (Lipinski definition) is 2. The minimum Gasteiger partial charge on any atom is -0.377 e. The topological polar surface area (TPSA) is 126 Å². The van der Waals surface area contributed by atoms with Crippen LogP contribution in [0.4, 0.5) is 16.3 Å². The van der Waals surface area contributed by atoms with Crippen LogP contribution in [0.5, 0.6) is 0 Å². The number of benzene rings is 1. The number of sulfone groups is 1. The van der Waals surface area contributed by atoms with Gasteiger partial charge in [0.05, 0.1) is 30.2 Å². The van der Waals surface area contributed by atoms with Crippen LogP contribution in [-0.4, -0.2) is 67.8 Å². The Balaban J connectivity index is 1.32. The van der Waals surface area contributed by atoms with Crippen LogP contribution in [0.2, 0.25) is 0 Å². The third-order valence-electron chi connectivity index (χ3n) is 7.44. The quantitative estimate of drug-likeness (QED) is 0.542. The number of nitrogens with one attached hydrogen (secondary N) is 2. The van der Waals surface area contributed by atoms with Crippen LogP contribution < -0.4 is 15.5 Å². The van der Waals surface area contributed by atoms with Crippen molar-refractivity contribution >= 4 is 27.4 Å². The molecule has 2 aliphatic heterocycles. The maximum atomic E-state index is 13.4. The Hall–Kier alpha value is -2.76. The average molecular weight is 514 g/mol. The van der Waals surface area contributed by atoms with Crippen molar-refractivity contribution in [3.8, 4) is 11.4 Å². The first-order chi connectivity index (χ1) is 17.3. The number of amides is 2. The second-order valence-electron chi connectivity index (χ2n) is 10.2. The molecule has 2 N–H and O–H groups in total. The van der Waals surface area contributed by atoms with E-state index < -0.39 is 14.6 Å². The fraction of sp³-hybridized carbons (Fsp3) is 0.560. The molecule has 2 saturated carbocycles. The van der Waals surface area contributed by atoms with Gasteiger partial charge in [-0.05, 0) is 63.8 Å². The number of rotatable bonds is 7. The van der Waals surface area contributed by atoms with Crippen LogP contribution in [0.3, 0.4) is 0 Å². The Bertz CT molecular complexity index is 1280. The summed E-state index contributed by atoms with van der Waals surface area (Å²) in [4.78, 5) is 24.0.